The van der Waals surface area contributed by atoms with Crippen molar-refractivity contribution in [1.29, 1.82) is 0 Å². The van der Waals surface area contributed by atoms with Crippen LogP contribution >= 0.6 is 22.9 Å². The average molecular weight is 348 g/mol. The van der Waals surface area contributed by atoms with Gasteiger partial charge >= 0.3 is 0 Å². The van der Waals surface area contributed by atoms with Gasteiger partial charge in [0, 0.05) is 9.90 Å². The van der Waals surface area contributed by atoms with E-state index in [0.717, 1.165) is 10.4 Å². The highest BCUT2D eigenvalue weighted by Crippen LogP contribution is 2.37. The van der Waals surface area contributed by atoms with Crippen molar-refractivity contribution in [1.82, 2.24) is 4.90 Å². The van der Waals surface area contributed by atoms with E-state index in [2.05, 4.69) is 0 Å². The Hall–Kier alpha value is -1.78. The molecule has 1 aliphatic heterocycles. The Morgan fingerprint density at radius 3 is 2.70 bits per heavy atom. The van der Waals surface area contributed by atoms with Crippen LogP contribution in [0.1, 0.15) is 31.2 Å². The number of nitrogens with zero attached hydrogens (tertiary/aromatic N) is 1. The summed E-state index contributed by atoms with van der Waals surface area (Å²) >= 11 is 7.66. The van der Waals surface area contributed by atoms with E-state index in [0.29, 0.717) is 16.4 Å². The number of benzene rings is 1. The van der Waals surface area contributed by atoms with Crippen LogP contribution in [0.25, 0.3) is 5.57 Å². The van der Waals surface area contributed by atoms with Crippen molar-refractivity contribution in [3.63, 3.8) is 0 Å². The van der Waals surface area contributed by atoms with Gasteiger partial charge in [-0.15, -0.1) is 11.3 Å². The second-order valence-electron chi connectivity index (χ2n) is 5.98. The molecule has 120 valence electrons. The minimum absolute atomic E-state index is 0.0128. The zero-order chi connectivity index (χ0) is 16.6. The van der Waals surface area contributed by atoms with Crippen molar-refractivity contribution in [2.24, 2.45) is 0 Å². The van der Waals surface area contributed by atoms with E-state index in [4.69, 9.17) is 16.3 Å². The minimum atomic E-state index is -0.523. The van der Waals surface area contributed by atoms with Crippen LogP contribution in [0.5, 0.6) is 0 Å². The molecule has 0 atom stereocenters. The van der Waals surface area contributed by atoms with Crippen molar-refractivity contribution < 1.29 is 9.53 Å². The molecule has 0 unspecified atom stereocenters. The van der Waals surface area contributed by atoms with E-state index in [1.807, 2.05) is 62.5 Å². The van der Waals surface area contributed by atoms with E-state index in [9.17, 15) is 4.79 Å². The topological polar surface area (TPSA) is 29.5 Å². The van der Waals surface area contributed by atoms with Crippen molar-refractivity contribution in [3.05, 3.63) is 63.0 Å². The van der Waals surface area contributed by atoms with Crippen molar-refractivity contribution >= 4 is 34.4 Å². The molecule has 0 radical (unpaired) electrons. The van der Waals surface area contributed by atoms with Crippen molar-refractivity contribution in [2.75, 3.05) is 6.73 Å². The summed E-state index contributed by atoms with van der Waals surface area (Å²) in [6, 6.07) is 11.5. The number of thiophene rings is 1. The SMILES string of the molecule is CC1=C(c2cccs2)C(=O)N(C(C)(C)c2cccc(Cl)c2)CO1. The Labute approximate surface area is 145 Å². The Morgan fingerprint density at radius 2 is 2.04 bits per heavy atom. The average Bonchev–Trinajstić information content (AvgIpc) is 3.01. The molecule has 3 nitrogen and oxygen atoms in total. The number of hydrogen-bond donors (Lipinski definition) is 0. The van der Waals surface area contributed by atoms with Gasteiger partial charge in [-0.25, -0.2) is 0 Å². The molecule has 3 rings (SSSR count). The van der Waals surface area contributed by atoms with Crippen LogP contribution in [0.4, 0.5) is 0 Å². The third-order valence-corrected chi connectivity index (χ3v) is 5.32. The van der Waals surface area contributed by atoms with Gasteiger partial charge in [-0.3, -0.25) is 9.69 Å². The summed E-state index contributed by atoms with van der Waals surface area (Å²) < 4.78 is 5.79. The van der Waals surface area contributed by atoms with Crippen LogP contribution in [0, 0.1) is 0 Å². The van der Waals surface area contributed by atoms with E-state index in [1.54, 1.807) is 16.2 Å². The van der Waals surface area contributed by atoms with E-state index in [1.165, 1.54) is 0 Å². The second kappa shape index (κ2) is 6.02. The molecule has 1 amide bonds. The summed E-state index contributed by atoms with van der Waals surface area (Å²) in [5.74, 6) is 0.664. The number of hydrogen-bond acceptors (Lipinski definition) is 3. The second-order valence-corrected chi connectivity index (χ2v) is 7.37. The lowest BCUT2D eigenvalue weighted by Crippen LogP contribution is -2.49. The van der Waals surface area contributed by atoms with Gasteiger partial charge in [-0.1, -0.05) is 29.8 Å². The Kier molecular flexibility index (Phi) is 4.21. The number of halogens is 1. The fourth-order valence-corrected chi connectivity index (χ4v) is 3.72. The van der Waals surface area contributed by atoms with E-state index in [-0.39, 0.29) is 12.6 Å². The molecule has 2 heterocycles. The first-order valence-electron chi connectivity index (χ1n) is 7.37. The lowest BCUT2D eigenvalue weighted by Gasteiger charge is -2.41. The highest BCUT2D eigenvalue weighted by molar-refractivity contribution is 7.11. The normalized spacial score (nSPS) is 15.8. The number of allylic oxidation sites excluding steroid dienone is 1. The molecule has 0 N–H and O–H groups in total. The first-order valence-corrected chi connectivity index (χ1v) is 8.62. The molecular weight excluding hydrogens is 330 g/mol. The summed E-state index contributed by atoms with van der Waals surface area (Å²) in [5.41, 5.74) is 1.10. The van der Waals surface area contributed by atoms with Gasteiger partial charge in [0.2, 0.25) is 0 Å². The Bertz CT molecular complexity index is 765. The lowest BCUT2D eigenvalue weighted by molar-refractivity contribution is -0.139. The number of rotatable bonds is 3. The van der Waals surface area contributed by atoms with Crippen LogP contribution in [0.2, 0.25) is 5.02 Å². The number of carbonyl (C=O) groups excluding carboxylic acids is 1. The van der Waals surface area contributed by atoms with E-state index >= 15 is 0 Å². The molecule has 1 aromatic heterocycles. The van der Waals surface area contributed by atoms with E-state index < -0.39 is 5.54 Å². The van der Waals surface area contributed by atoms with Gasteiger partial charge in [0.05, 0.1) is 11.1 Å². The molecule has 0 aliphatic carbocycles. The molecule has 2 aromatic rings. The van der Waals surface area contributed by atoms with Crippen LogP contribution in [-0.4, -0.2) is 17.5 Å². The van der Waals surface area contributed by atoms with Crippen LogP contribution in [-0.2, 0) is 15.1 Å². The number of carbonyl (C=O) groups is 1. The predicted molar refractivity (Wildman–Crippen MR) is 94.2 cm³/mol. The molecule has 0 bridgehead atoms. The standard InChI is InChI=1S/C18H18ClNO2S/c1-12-16(15-8-5-9-23-15)17(21)20(11-22-12)18(2,3)13-6-4-7-14(19)10-13/h4-10H,11H2,1-3H3. The summed E-state index contributed by atoms with van der Waals surface area (Å²) in [6.45, 7) is 6.09. The van der Waals surface area contributed by atoms with Crippen molar-refractivity contribution in [3.8, 4) is 0 Å². The number of ether oxygens (including phenoxy) is 1. The van der Waals surface area contributed by atoms with Crippen LogP contribution in [0.3, 0.4) is 0 Å². The molecule has 0 fully saturated rings. The first-order chi connectivity index (χ1) is 10.9. The third-order valence-electron chi connectivity index (χ3n) is 4.19. The lowest BCUT2D eigenvalue weighted by atomic mass is 9.91. The van der Waals surface area contributed by atoms with Gasteiger partial charge < -0.3 is 4.74 Å². The predicted octanol–water partition coefficient (Wildman–Crippen LogP) is 4.88. The van der Waals surface area contributed by atoms with Gasteiger partial charge in [0.1, 0.15) is 5.76 Å². The maximum Gasteiger partial charge on any atom is 0.262 e. The summed E-state index contributed by atoms with van der Waals surface area (Å²) in [6.07, 6.45) is 0. The van der Waals surface area contributed by atoms with Crippen molar-refractivity contribution in [2.45, 2.75) is 26.3 Å². The zero-order valence-corrected chi connectivity index (χ0v) is 14.9. The molecule has 1 aromatic carbocycles. The van der Waals surface area contributed by atoms with Gasteiger partial charge in [0.15, 0.2) is 6.73 Å². The molecule has 1 aliphatic rings. The quantitative estimate of drug-likeness (QED) is 0.791. The first kappa shape index (κ1) is 16.1. The highest BCUT2D eigenvalue weighted by Gasteiger charge is 2.38. The van der Waals surface area contributed by atoms with Gasteiger partial charge in [-0.2, -0.15) is 0 Å². The molecule has 0 spiro atoms. The molecule has 5 heteroatoms. The highest BCUT2D eigenvalue weighted by atomic mass is 35.5. The molecule has 0 saturated carbocycles. The summed E-state index contributed by atoms with van der Waals surface area (Å²) in [5, 5.41) is 2.62. The Morgan fingerprint density at radius 1 is 1.26 bits per heavy atom. The third kappa shape index (κ3) is 2.89. The fourth-order valence-electron chi connectivity index (χ4n) is 2.72. The minimum Gasteiger partial charge on any atom is -0.477 e. The van der Waals surface area contributed by atoms with Gasteiger partial charge in [0.25, 0.3) is 5.91 Å². The van der Waals surface area contributed by atoms with Crippen LogP contribution < -0.4 is 0 Å². The largest absolute Gasteiger partial charge is 0.477 e. The molecule has 0 saturated heterocycles. The fraction of sp³-hybridized carbons (Fsp3) is 0.278. The van der Waals surface area contributed by atoms with Gasteiger partial charge in [-0.05, 0) is 49.9 Å². The maximum absolute atomic E-state index is 13.1. The summed E-state index contributed by atoms with van der Waals surface area (Å²) in [7, 11) is 0. The number of amides is 1. The van der Waals surface area contributed by atoms with Crippen LogP contribution in [0.15, 0.2) is 47.5 Å². The zero-order valence-electron chi connectivity index (χ0n) is 13.3. The summed E-state index contributed by atoms with van der Waals surface area (Å²) in [4.78, 5) is 15.8. The monoisotopic (exact) mass is 347 g/mol. The maximum atomic E-state index is 13.1. The molecule has 23 heavy (non-hydrogen) atoms. The molecular formula is C18H18ClNO2S. The smallest absolute Gasteiger partial charge is 0.262 e. The Balaban J connectivity index is 2.00.